The molecule has 8 nitrogen and oxygen atoms in total. The first-order valence-corrected chi connectivity index (χ1v) is 17.0. The predicted octanol–water partition coefficient (Wildman–Crippen LogP) is 9.65. The number of benzene rings is 4. The summed E-state index contributed by atoms with van der Waals surface area (Å²) < 4.78 is 0. The van der Waals surface area contributed by atoms with Crippen LogP contribution in [0.2, 0.25) is 0 Å². The first kappa shape index (κ1) is 31.0. The van der Waals surface area contributed by atoms with E-state index >= 15 is 0 Å². The summed E-state index contributed by atoms with van der Waals surface area (Å²) in [5.74, 6) is 0.570. The van der Waals surface area contributed by atoms with Crippen LogP contribution in [0, 0.1) is 0 Å². The number of nitrogens with zero attached hydrogens (tertiary/aromatic N) is 2. The van der Waals surface area contributed by atoms with Gasteiger partial charge in [-0.3, -0.25) is 0 Å². The molecule has 2 aromatic heterocycles. The highest BCUT2D eigenvalue weighted by atomic mass is 16.3. The monoisotopic (exact) mass is 680 g/mol. The molecule has 6 N–H and O–H groups in total. The molecule has 0 spiro atoms. The Labute approximate surface area is 298 Å². The molecule has 8 heteroatoms. The van der Waals surface area contributed by atoms with Crippen LogP contribution >= 0.6 is 0 Å². The smallest absolute Gasteiger partial charge is 0.116 e. The molecule has 3 aliphatic heterocycles. The summed E-state index contributed by atoms with van der Waals surface area (Å²) in [5.41, 5.74) is 12.7. The van der Waals surface area contributed by atoms with Crippen molar-refractivity contribution in [2.75, 3.05) is 0 Å². The first-order valence-electron chi connectivity index (χ1n) is 17.0. The van der Waals surface area contributed by atoms with E-state index in [2.05, 4.69) is 9.97 Å². The quantitative estimate of drug-likeness (QED) is 0.109. The van der Waals surface area contributed by atoms with Gasteiger partial charge < -0.3 is 30.4 Å². The van der Waals surface area contributed by atoms with E-state index in [9.17, 15) is 20.4 Å². The van der Waals surface area contributed by atoms with Crippen LogP contribution in [0.5, 0.6) is 23.0 Å². The largest absolute Gasteiger partial charge is 0.508 e. The van der Waals surface area contributed by atoms with Gasteiger partial charge in [-0.15, -0.1) is 0 Å². The molecule has 0 saturated heterocycles. The molecule has 5 heterocycles. The van der Waals surface area contributed by atoms with E-state index in [-0.39, 0.29) is 23.0 Å². The topological polar surface area (TPSA) is 138 Å². The van der Waals surface area contributed by atoms with Crippen LogP contribution in [0.25, 0.3) is 79.8 Å². The number of phenols is 4. The van der Waals surface area contributed by atoms with Gasteiger partial charge in [-0.1, -0.05) is 48.5 Å². The van der Waals surface area contributed by atoms with Gasteiger partial charge in [0.25, 0.3) is 0 Å². The Bertz CT molecular complexity index is 2700. The molecule has 0 atom stereocenters. The molecule has 0 radical (unpaired) electrons. The molecular formula is C44H32N4O4. The van der Waals surface area contributed by atoms with Gasteiger partial charge in [-0.2, -0.15) is 0 Å². The molecule has 0 unspecified atom stereocenters. The Morgan fingerprint density at radius 1 is 0.385 bits per heavy atom. The van der Waals surface area contributed by atoms with Crippen LogP contribution in [0.1, 0.15) is 34.2 Å². The van der Waals surface area contributed by atoms with Crippen molar-refractivity contribution < 1.29 is 20.4 Å². The Balaban J connectivity index is 1.48. The second kappa shape index (κ2) is 12.4. The SMILES string of the molecule is Oc1cccc(-c2c3nc(c(-c4cccc(O)c4)c4[nH]c(c(-c5cccc(O)c5)c5ccc([nH]5)c(-c5cccc(O)c5)c5nc2C=C5)CC4)C=C3)c1. The Kier molecular flexibility index (Phi) is 7.36. The maximum atomic E-state index is 10.6. The van der Waals surface area contributed by atoms with Gasteiger partial charge >= 0.3 is 0 Å². The number of hydrogen-bond acceptors (Lipinski definition) is 6. The zero-order chi connectivity index (χ0) is 35.3. The predicted molar refractivity (Wildman–Crippen MR) is 206 cm³/mol. The normalized spacial score (nSPS) is 12.6. The minimum absolute atomic E-state index is 0.126. The van der Waals surface area contributed by atoms with Crippen molar-refractivity contribution in [1.29, 1.82) is 0 Å². The van der Waals surface area contributed by atoms with Crippen LogP contribution < -0.4 is 0 Å². The van der Waals surface area contributed by atoms with Gasteiger partial charge in [0.1, 0.15) is 23.0 Å². The van der Waals surface area contributed by atoms with Crippen LogP contribution in [0.3, 0.4) is 0 Å². The molecule has 3 aliphatic rings. The Hall–Kier alpha value is -7.06. The van der Waals surface area contributed by atoms with Crippen LogP contribution in [-0.2, 0) is 12.8 Å². The van der Waals surface area contributed by atoms with E-state index in [4.69, 9.17) is 9.97 Å². The fraction of sp³-hybridized carbons (Fsp3) is 0.0455. The van der Waals surface area contributed by atoms with E-state index in [1.165, 1.54) is 0 Å². The minimum Gasteiger partial charge on any atom is -0.508 e. The molecule has 0 fully saturated rings. The summed E-state index contributed by atoms with van der Waals surface area (Å²) >= 11 is 0. The van der Waals surface area contributed by atoms with Crippen molar-refractivity contribution in [1.82, 2.24) is 19.9 Å². The highest BCUT2D eigenvalue weighted by molar-refractivity contribution is 5.96. The third kappa shape index (κ3) is 5.52. The molecule has 0 aliphatic carbocycles. The van der Waals surface area contributed by atoms with Crippen LogP contribution in [0.15, 0.2) is 109 Å². The van der Waals surface area contributed by atoms with Crippen molar-refractivity contribution in [2.45, 2.75) is 12.8 Å². The Morgan fingerprint density at radius 3 is 1.23 bits per heavy atom. The summed E-state index contributed by atoms with van der Waals surface area (Å²) in [5, 5.41) is 42.3. The van der Waals surface area contributed by atoms with Crippen molar-refractivity contribution in [2.24, 2.45) is 0 Å². The first-order chi connectivity index (χ1) is 25.4. The molecule has 52 heavy (non-hydrogen) atoms. The van der Waals surface area contributed by atoms with Crippen molar-refractivity contribution >= 4 is 35.3 Å². The number of aryl methyl sites for hydroxylation is 2. The number of rotatable bonds is 4. The van der Waals surface area contributed by atoms with E-state index in [0.717, 1.165) is 66.9 Å². The number of fused-ring (bicyclic) bond motifs is 8. The fourth-order valence-corrected chi connectivity index (χ4v) is 7.38. The minimum atomic E-state index is 0.126. The molecule has 6 aromatic rings. The number of aromatic amines is 2. The van der Waals surface area contributed by atoms with Gasteiger partial charge in [0.2, 0.25) is 0 Å². The van der Waals surface area contributed by atoms with Crippen LogP contribution in [-0.4, -0.2) is 40.4 Å². The lowest BCUT2D eigenvalue weighted by Gasteiger charge is -2.08. The lowest BCUT2D eigenvalue weighted by atomic mass is 9.99. The second-order valence-corrected chi connectivity index (χ2v) is 13.0. The van der Waals surface area contributed by atoms with Gasteiger partial charge in [0, 0.05) is 44.7 Å². The number of hydrogen-bond donors (Lipinski definition) is 6. The standard InChI is InChI=1S/C44H32N4O4/c49-29-9-1-5-25(21-29)41-33-13-15-35(45-33)42(26-6-2-10-30(50)22-26)37-17-19-39(47-37)44(28-8-4-12-32(52)24-28)40-20-18-38(48-40)43(36-16-14-34(41)46-36)27-7-3-11-31(51)23-27/h1-17,19,21-24,46,48-52H,18,20H2. The van der Waals surface area contributed by atoms with Gasteiger partial charge in [0.15, 0.2) is 0 Å². The molecule has 252 valence electrons. The van der Waals surface area contributed by atoms with Crippen LogP contribution in [0.4, 0.5) is 0 Å². The van der Waals surface area contributed by atoms with E-state index < -0.39 is 0 Å². The van der Waals surface area contributed by atoms with E-state index in [1.54, 1.807) is 54.6 Å². The molecule has 0 saturated carbocycles. The summed E-state index contributed by atoms with van der Waals surface area (Å²) in [7, 11) is 0. The number of aromatic nitrogens is 4. The molecule has 9 rings (SSSR count). The fourth-order valence-electron chi connectivity index (χ4n) is 7.38. The number of phenolic OH excluding ortho intramolecular Hbond substituents is 4. The second-order valence-electron chi connectivity index (χ2n) is 13.0. The number of nitrogens with one attached hydrogen (secondary N) is 2. The van der Waals surface area contributed by atoms with Crippen molar-refractivity contribution in [3.8, 4) is 67.5 Å². The molecule has 0 amide bonds. The average molecular weight is 681 g/mol. The lowest BCUT2D eigenvalue weighted by Crippen LogP contribution is -1.93. The average Bonchev–Trinajstić information content (AvgIpc) is 3.96. The van der Waals surface area contributed by atoms with Gasteiger partial charge in [-0.25, -0.2) is 9.97 Å². The van der Waals surface area contributed by atoms with Gasteiger partial charge in [-0.05, 0) is 120 Å². The lowest BCUT2D eigenvalue weighted by molar-refractivity contribution is 0.475. The zero-order valence-corrected chi connectivity index (χ0v) is 27.8. The van der Waals surface area contributed by atoms with Crippen molar-refractivity contribution in [3.63, 3.8) is 0 Å². The van der Waals surface area contributed by atoms with E-state index in [1.807, 2.05) is 78.9 Å². The summed E-state index contributed by atoms with van der Waals surface area (Å²) in [6.07, 6.45) is 9.21. The third-order valence-electron chi connectivity index (χ3n) is 9.60. The van der Waals surface area contributed by atoms with Gasteiger partial charge in [0.05, 0.1) is 22.8 Å². The highest BCUT2D eigenvalue weighted by Crippen LogP contribution is 2.40. The third-order valence-corrected chi connectivity index (χ3v) is 9.60. The summed E-state index contributed by atoms with van der Waals surface area (Å²) in [4.78, 5) is 17.8. The Morgan fingerprint density at radius 2 is 0.750 bits per heavy atom. The van der Waals surface area contributed by atoms with Crippen molar-refractivity contribution in [3.05, 3.63) is 143 Å². The summed E-state index contributed by atoms with van der Waals surface area (Å²) in [6, 6.07) is 32.7. The molecule has 8 bridgehead atoms. The molecular weight excluding hydrogens is 649 g/mol. The maximum absolute atomic E-state index is 10.6. The summed E-state index contributed by atoms with van der Waals surface area (Å²) in [6.45, 7) is 0. The molecule has 4 aromatic carbocycles. The van der Waals surface area contributed by atoms with E-state index in [0.29, 0.717) is 35.6 Å². The highest BCUT2D eigenvalue weighted by Gasteiger charge is 2.22. The number of H-pyrrole nitrogens is 2. The zero-order valence-electron chi connectivity index (χ0n) is 27.8. The number of aromatic hydroxyl groups is 4. The maximum Gasteiger partial charge on any atom is 0.116 e.